The van der Waals surface area contributed by atoms with Crippen LogP contribution < -0.4 is 10.1 Å². The van der Waals surface area contributed by atoms with E-state index in [9.17, 15) is 14.0 Å². The van der Waals surface area contributed by atoms with Crippen molar-refractivity contribution >= 4 is 12.2 Å². The van der Waals surface area contributed by atoms with E-state index in [4.69, 9.17) is 4.74 Å². The van der Waals surface area contributed by atoms with Gasteiger partial charge in [-0.05, 0) is 36.2 Å². The van der Waals surface area contributed by atoms with Crippen LogP contribution in [0.2, 0.25) is 0 Å². The first-order chi connectivity index (χ1) is 10.6. The Kier molecular flexibility index (Phi) is 5.25. The van der Waals surface area contributed by atoms with Gasteiger partial charge in [0.25, 0.3) is 5.91 Å². The van der Waals surface area contributed by atoms with E-state index in [1.165, 1.54) is 6.07 Å². The Morgan fingerprint density at radius 3 is 2.82 bits per heavy atom. The van der Waals surface area contributed by atoms with Crippen molar-refractivity contribution in [2.45, 2.75) is 13.5 Å². The Labute approximate surface area is 127 Å². The number of aldehydes is 1. The molecule has 2 rings (SSSR count). The molecule has 0 aliphatic heterocycles. The van der Waals surface area contributed by atoms with Crippen LogP contribution in [0.4, 0.5) is 4.39 Å². The Morgan fingerprint density at radius 1 is 1.27 bits per heavy atom. The summed E-state index contributed by atoms with van der Waals surface area (Å²) in [6.45, 7) is 1.74. The van der Waals surface area contributed by atoms with Crippen LogP contribution in [0.5, 0.6) is 5.75 Å². The molecule has 1 N–H and O–H groups in total. The first-order valence-electron chi connectivity index (χ1n) is 6.78. The number of carbonyl (C=O) groups excluding carboxylic acids is 2. The molecular formula is C17H16FNO3. The van der Waals surface area contributed by atoms with Crippen LogP contribution in [0.25, 0.3) is 0 Å². The van der Waals surface area contributed by atoms with E-state index in [1.54, 1.807) is 43.3 Å². The second-order valence-electron chi connectivity index (χ2n) is 4.84. The number of nitrogens with one attached hydrogen (secondary N) is 1. The molecule has 0 aliphatic rings. The Bertz CT molecular complexity index is 685. The summed E-state index contributed by atoms with van der Waals surface area (Å²) in [5.41, 5.74) is 1.72. The molecule has 0 bridgehead atoms. The van der Waals surface area contributed by atoms with Gasteiger partial charge in [0.15, 0.2) is 6.61 Å². The van der Waals surface area contributed by atoms with Crippen LogP contribution in [0.15, 0.2) is 42.5 Å². The van der Waals surface area contributed by atoms with Crippen LogP contribution in [-0.4, -0.2) is 18.8 Å². The number of hydrogen-bond donors (Lipinski definition) is 1. The molecule has 0 aliphatic carbocycles. The molecule has 4 nitrogen and oxygen atoms in total. The SMILES string of the molecule is Cc1ccc(CNC(=O)COc2cccc(C=O)c2)cc1F. The minimum absolute atomic E-state index is 0.170. The predicted octanol–water partition coefficient (Wildman–Crippen LogP) is 2.64. The quantitative estimate of drug-likeness (QED) is 0.835. The minimum Gasteiger partial charge on any atom is -0.484 e. The number of rotatable bonds is 6. The molecule has 0 radical (unpaired) electrons. The molecule has 0 fully saturated rings. The van der Waals surface area contributed by atoms with E-state index in [-0.39, 0.29) is 24.9 Å². The molecule has 2 aromatic rings. The summed E-state index contributed by atoms with van der Waals surface area (Å²) < 4.78 is 18.7. The zero-order chi connectivity index (χ0) is 15.9. The van der Waals surface area contributed by atoms with Crippen molar-refractivity contribution in [3.63, 3.8) is 0 Å². The fourth-order valence-corrected chi connectivity index (χ4v) is 1.82. The third-order valence-electron chi connectivity index (χ3n) is 3.09. The second-order valence-corrected chi connectivity index (χ2v) is 4.84. The normalized spacial score (nSPS) is 10.1. The van der Waals surface area contributed by atoms with Crippen molar-refractivity contribution < 1.29 is 18.7 Å². The van der Waals surface area contributed by atoms with E-state index >= 15 is 0 Å². The summed E-state index contributed by atoms with van der Waals surface area (Å²) in [6, 6.07) is 11.3. The summed E-state index contributed by atoms with van der Waals surface area (Å²) in [4.78, 5) is 22.3. The van der Waals surface area contributed by atoms with Gasteiger partial charge in [-0.3, -0.25) is 9.59 Å². The molecule has 1 amide bonds. The number of aryl methyl sites for hydroxylation is 1. The van der Waals surface area contributed by atoms with Crippen molar-refractivity contribution in [2.75, 3.05) is 6.61 Å². The van der Waals surface area contributed by atoms with Crippen molar-refractivity contribution in [3.05, 3.63) is 65.0 Å². The van der Waals surface area contributed by atoms with E-state index in [1.807, 2.05) is 0 Å². The molecule has 0 saturated heterocycles. The maximum Gasteiger partial charge on any atom is 0.258 e. The summed E-state index contributed by atoms with van der Waals surface area (Å²) in [7, 11) is 0. The van der Waals surface area contributed by atoms with Gasteiger partial charge in [0.05, 0.1) is 0 Å². The highest BCUT2D eigenvalue weighted by Gasteiger charge is 2.05. The molecule has 0 atom stereocenters. The van der Waals surface area contributed by atoms with E-state index in [2.05, 4.69) is 5.32 Å². The van der Waals surface area contributed by atoms with Crippen molar-refractivity contribution in [1.29, 1.82) is 0 Å². The number of hydrogen-bond acceptors (Lipinski definition) is 3. The Balaban J connectivity index is 1.82. The largest absolute Gasteiger partial charge is 0.484 e. The van der Waals surface area contributed by atoms with Gasteiger partial charge in [-0.1, -0.05) is 24.3 Å². The first-order valence-corrected chi connectivity index (χ1v) is 6.78. The van der Waals surface area contributed by atoms with Crippen molar-refractivity contribution in [2.24, 2.45) is 0 Å². The van der Waals surface area contributed by atoms with Gasteiger partial charge in [-0.2, -0.15) is 0 Å². The van der Waals surface area contributed by atoms with Crippen LogP contribution in [0.3, 0.4) is 0 Å². The van der Waals surface area contributed by atoms with Crippen LogP contribution in [-0.2, 0) is 11.3 Å². The lowest BCUT2D eigenvalue weighted by Gasteiger charge is -2.08. The summed E-state index contributed by atoms with van der Waals surface area (Å²) >= 11 is 0. The molecule has 5 heteroatoms. The maximum atomic E-state index is 13.4. The highest BCUT2D eigenvalue weighted by atomic mass is 19.1. The lowest BCUT2D eigenvalue weighted by Crippen LogP contribution is -2.28. The predicted molar refractivity (Wildman–Crippen MR) is 80.3 cm³/mol. The number of amides is 1. The van der Waals surface area contributed by atoms with Gasteiger partial charge in [0.1, 0.15) is 17.9 Å². The number of benzene rings is 2. The number of carbonyl (C=O) groups is 2. The average Bonchev–Trinajstić information content (AvgIpc) is 2.54. The molecule has 114 valence electrons. The lowest BCUT2D eigenvalue weighted by atomic mass is 10.1. The fraction of sp³-hybridized carbons (Fsp3) is 0.176. The smallest absolute Gasteiger partial charge is 0.258 e. The van der Waals surface area contributed by atoms with Crippen LogP contribution >= 0.6 is 0 Å². The maximum absolute atomic E-state index is 13.4. The lowest BCUT2D eigenvalue weighted by molar-refractivity contribution is -0.123. The third-order valence-corrected chi connectivity index (χ3v) is 3.09. The van der Waals surface area contributed by atoms with Crippen molar-refractivity contribution in [3.8, 4) is 5.75 Å². The average molecular weight is 301 g/mol. The number of halogens is 1. The van der Waals surface area contributed by atoms with Crippen molar-refractivity contribution in [1.82, 2.24) is 5.32 Å². The van der Waals surface area contributed by atoms with E-state index in [0.717, 1.165) is 0 Å². The monoisotopic (exact) mass is 301 g/mol. The minimum atomic E-state index is -0.322. The first kappa shape index (κ1) is 15.7. The molecular weight excluding hydrogens is 285 g/mol. The molecule has 0 aromatic heterocycles. The molecule has 0 spiro atoms. The highest BCUT2D eigenvalue weighted by Crippen LogP contribution is 2.12. The third kappa shape index (κ3) is 4.41. The van der Waals surface area contributed by atoms with Gasteiger partial charge in [0, 0.05) is 12.1 Å². The van der Waals surface area contributed by atoms with Gasteiger partial charge in [-0.15, -0.1) is 0 Å². The summed E-state index contributed by atoms with van der Waals surface area (Å²) in [5, 5.41) is 2.64. The standard InChI is InChI=1S/C17H16FNO3/c1-12-5-6-13(8-16(12)18)9-19-17(21)11-22-15-4-2-3-14(7-15)10-20/h2-8,10H,9,11H2,1H3,(H,19,21). The summed E-state index contributed by atoms with van der Waals surface area (Å²) in [5.74, 6) is -0.174. The Morgan fingerprint density at radius 2 is 2.09 bits per heavy atom. The molecule has 22 heavy (non-hydrogen) atoms. The van der Waals surface area contributed by atoms with Gasteiger partial charge in [0.2, 0.25) is 0 Å². The molecule has 0 saturated carbocycles. The molecule has 0 unspecified atom stereocenters. The van der Waals surface area contributed by atoms with E-state index < -0.39 is 0 Å². The molecule has 0 heterocycles. The zero-order valence-electron chi connectivity index (χ0n) is 12.1. The second kappa shape index (κ2) is 7.36. The van der Waals surface area contributed by atoms with Gasteiger partial charge in [-0.25, -0.2) is 4.39 Å². The Hall–Kier alpha value is -2.69. The van der Waals surface area contributed by atoms with Crippen LogP contribution in [0.1, 0.15) is 21.5 Å². The van der Waals surface area contributed by atoms with E-state index in [0.29, 0.717) is 28.7 Å². The van der Waals surface area contributed by atoms with Gasteiger partial charge < -0.3 is 10.1 Å². The topological polar surface area (TPSA) is 55.4 Å². The molecule has 2 aromatic carbocycles. The van der Waals surface area contributed by atoms with Crippen LogP contribution in [0, 0.1) is 12.7 Å². The summed E-state index contributed by atoms with van der Waals surface area (Å²) in [6.07, 6.45) is 0.707. The zero-order valence-corrected chi connectivity index (χ0v) is 12.1. The van der Waals surface area contributed by atoms with Gasteiger partial charge >= 0.3 is 0 Å². The fourth-order valence-electron chi connectivity index (χ4n) is 1.82. The number of ether oxygens (including phenoxy) is 1. The highest BCUT2D eigenvalue weighted by molar-refractivity contribution is 5.78.